The van der Waals surface area contributed by atoms with E-state index in [1.165, 1.54) is 4.57 Å². The van der Waals surface area contributed by atoms with Crippen LogP contribution >= 0.6 is 0 Å². The third-order valence-electron chi connectivity index (χ3n) is 5.40. The van der Waals surface area contributed by atoms with Crippen molar-refractivity contribution in [2.24, 2.45) is 0 Å². The Bertz CT molecular complexity index is 1210. The molecule has 3 aromatic rings. The normalized spacial score (nSPS) is 11.1. The minimum atomic E-state index is -0.521. The predicted molar refractivity (Wildman–Crippen MR) is 129 cm³/mol. The van der Waals surface area contributed by atoms with Crippen LogP contribution in [-0.2, 0) is 24.4 Å². The maximum Gasteiger partial charge on any atom is 0.333 e. The molecule has 0 unspecified atom stereocenters. The first-order valence-electron chi connectivity index (χ1n) is 11.7. The number of unbranched alkanes of at least 4 members (excludes halogenated alkanes) is 2. The highest BCUT2D eigenvalue weighted by Gasteiger charge is 2.20. The highest BCUT2D eigenvalue weighted by molar-refractivity contribution is 5.92. The van der Waals surface area contributed by atoms with Crippen molar-refractivity contribution in [3.05, 3.63) is 51.4 Å². The minimum absolute atomic E-state index is 0.360. The van der Waals surface area contributed by atoms with Crippen LogP contribution in [0.3, 0.4) is 0 Å². The Morgan fingerprint density at radius 2 is 1.73 bits per heavy atom. The summed E-state index contributed by atoms with van der Waals surface area (Å²) in [6.07, 6.45) is 5.94. The van der Waals surface area contributed by atoms with Crippen LogP contribution in [0.4, 0.5) is 5.69 Å². The van der Waals surface area contributed by atoms with Crippen LogP contribution in [0, 0.1) is 0 Å². The number of hydrogen-bond donors (Lipinski definition) is 1. The fourth-order valence-electron chi connectivity index (χ4n) is 3.64. The van der Waals surface area contributed by atoms with E-state index < -0.39 is 17.2 Å². The van der Waals surface area contributed by atoms with Crippen molar-refractivity contribution >= 4 is 22.8 Å². The van der Waals surface area contributed by atoms with Crippen LogP contribution in [0.2, 0.25) is 0 Å². The fourth-order valence-corrected chi connectivity index (χ4v) is 3.64. The van der Waals surface area contributed by atoms with Crippen molar-refractivity contribution in [2.75, 3.05) is 11.9 Å². The average Bonchev–Trinajstić information content (AvgIpc) is 3.23. The molecule has 1 N–H and O–H groups in total. The average molecular weight is 456 g/mol. The molecule has 0 fully saturated rings. The number of nitrogens with zero attached hydrogens (tertiary/aromatic N) is 4. The van der Waals surface area contributed by atoms with Crippen LogP contribution in [0.25, 0.3) is 11.2 Å². The van der Waals surface area contributed by atoms with Crippen molar-refractivity contribution in [1.29, 1.82) is 0 Å². The van der Waals surface area contributed by atoms with Gasteiger partial charge in [-0.3, -0.25) is 14.2 Å². The van der Waals surface area contributed by atoms with E-state index >= 15 is 0 Å². The summed E-state index contributed by atoms with van der Waals surface area (Å²) >= 11 is 0. The predicted octanol–water partition coefficient (Wildman–Crippen LogP) is 3.39. The first-order valence-corrected chi connectivity index (χ1v) is 11.7. The number of benzene rings is 1. The van der Waals surface area contributed by atoms with Gasteiger partial charge in [0.15, 0.2) is 11.2 Å². The molecule has 2 heterocycles. The second kappa shape index (κ2) is 11.5. The SMILES string of the molecule is CCCCn1cnc2c1c(=O)n(CC(=O)Nc1ccccc1OCCC)c(=O)n2CCCC. The van der Waals surface area contributed by atoms with E-state index in [2.05, 4.69) is 17.2 Å². The van der Waals surface area contributed by atoms with Gasteiger partial charge in [0.05, 0.1) is 18.6 Å². The molecule has 0 aliphatic carbocycles. The molecule has 0 saturated carbocycles. The number of ether oxygens (including phenoxy) is 1. The molecule has 3 rings (SSSR count). The van der Waals surface area contributed by atoms with E-state index in [1.807, 2.05) is 19.9 Å². The maximum absolute atomic E-state index is 13.3. The standard InChI is InChI=1S/C24H33N5O4/c1-4-7-13-27-17-25-22-21(27)23(31)29(24(32)28(22)14-8-5-2)16-20(30)26-18-11-9-10-12-19(18)33-15-6-3/h9-12,17H,4-8,13-16H2,1-3H3,(H,26,30). The number of imidazole rings is 1. The van der Waals surface area contributed by atoms with E-state index in [-0.39, 0.29) is 6.54 Å². The lowest BCUT2D eigenvalue weighted by Crippen LogP contribution is -2.43. The molecule has 0 radical (unpaired) electrons. The number of anilines is 1. The molecule has 0 atom stereocenters. The van der Waals surface area contributed by atoms with Gasteiger partial charge in [0, 0.05) is 13.1 Å². The number of nitrogens with one attached hydrogen (secondary N) is 1. The molecule has 0 bridgehead atoms. The van der Waals surface area contributed by atoms with Crippen molar-refractivity contribution < 1.29 is 9.53 Å². The number of aryl methyl sites for hydroxylation is 2. The zero-order valence-corrected chi connectivity index (χ0v) is 19.7. The van der Waals surface area contributed by atoms with Crippen molar-refractivity contribution in [3.8, 4) is 5.75 Å². The highest BCUT2D eigenvalue weighted by Crippen LogP contribution is 2.23. The second-order valence-electron chi connectivity index (χ2n) is 8.04. The summed E-state index contributed by atoms with van der Waals surface area (Å²) in [5.41, 5.74) is 0.224. The smallest absolute Gasteiger partial charge is 0.333 e. The Morgan fingerprint density at radius 1 is 1.00 bits per heavy atom. The summed E-state index contributed by atoms with van der Waals surface area (Å²) in [7, 11) is 0. The number of carbonyl (C=O) groups excluding carboxylic acids is 1. The van der Waals surface area contributed by atoms with Crippen LogP contribution in [0.1, 0.15) is 52.9 Å². The molecule has 178 valence electrons. The molecule has 9 nitrogen and oxygen atoms in total. The molecule has 0 aliphatic rings. The minimum Gasteiger partial charge on any atom is -0.491 e. The Morgan fingerprint density at radius 3 is 2.45 bits per heavy atom. The zero-order chi connectivity index (χ0) is 23.8. The Hall–Kier alpha value is -3.36. The van der Waals surface area contributed by atoms with Gasteiger partial charge in [-0.25, -0.2) is 14.3 Å². The van der Waals surface area contributed by atoms with Crippen LogP contribution in [-0.4, -0.2) is 31.2 Å². The lowest BCUT2D eigenvalue weighted by molar-refractivity contribution is -0.116. The van der Waals surface area contributed by atoms with Crippen molar-refractivity contribution in [2.45, 2.75) is 72.5 Å². The van der Waals surface area contributed by atoms with Crippen molar-refractivity contribution in [1.82, 2.24) is 18.7 Å². The van der Waals surface area contributed by atoms with Crippen LogP contribution in [0.15, 0.2) is 40.2 Å². The van der Waals surface area contributed by atoms with Gasteiger partial charge in [-0.2, -0.15) is 0 Å². The number of carbonyl (C=O) groups is 1. The fraction of sp³-hybridized carbons (Fsp3) is 0.500. The molecule has 9 heteroatoms. The zero-order valence-electron chi connectivity index (χ0n) is 19.7. The summed E-state index contributed by atoms with van der Waals surface area (Å²) < 4.78 is 9.99. The van der Waals surface area contributed by atoms with Gasteiger partial charge in [0.2, 0.25) is 5.91 Å². The molecule has 33 heavy (non-hydrogen) atoms. The van der Waals surface area contributed by atoms with E-state index in [9.17, 15) is 14.4 Å². The van der Waals surface area contributed by atoms with E-state index in [1.54, 1.807) is 29.1 Å². The number of aromatic nitrogens is 4. The monoisotopic (exact) mass is 455 g/mol. The summed E-state index contributed by atoms with van der Waals surface area (Å²) in [5, 5.41) is 2.78. The van der Waals surface area contributed by atoms with Gasteiger partial charge in [-0.1, -0.05) is 45.7 Å². The lowest BCUT2D eigenvalue weighted by Gasteiger charge is -2.14. The Balaban J connectivity index is 1.97. The van der Waals surface area contributed by atoms with Gasteiger partial charge >= 0.3 is 5.69 Å². The highest BCUT2D eigenvalue weighted by atomic mass is 16.5. The molecular formula is C24H33N5O4. The summed E-state index contributed by atoms with van der Waals surface area (Å²) in [5.74, 6) is 0.0799. The van der Waals surface area contributed by atoms with Crippen LogP contribution < -0.4 is 21.3 Å². The number of rotatable bonds is 12. The molecule has 0 saturated heterocycles. The van der Waals surface area contributed by atoms with Gasteiger partial charge in [-0.05, 0) is 31.4 Å². The number of hydrogen-bond acceptors (Lipinski definition) is 5. The summed E-state index contributed by atoms with van der Waals surface area (Å²) in [4.78, 5) is 43.7. The molecule has 1 aromatic carbocycles. The third kappa shape index (κ3) is 5.53. The molecule has 0 aliphatic heterocycles. The van der Waals surface area contributed by atoms with Gasteiger partial charge in [0.25, 0.3) is 5.56 Å². The molecule has 2 aromatic heterocycles. The van der Waals surface area contributed by atoms with Gasteiger partial charge in [0.1, 0.15) is 12.3 Å². The largest absolute Gasteiger partial charge is 0.491 e. The first kappa shape index (κ1) is 24.3. The summed E-state index contributed by atoms with van der Waals surface area (Å²) in [6, 6.07) is 7.11. The number of para-hydroxylation sites is 2. The van der Waals surface area contributed by atoms with Gasteiger partial charge < -0.3 is 14.6 Å². The quantitative estimate of drug-likeness (QED) is 0.451. The maximum atomic E-state index is 13.3. The van der Waals surface area contributed by atoms with E-state index in [0.29, 0.717) is 42.3 Å². The third-order valence-corrected chi connectivity index (χ3v) is 5.40. The Kier molecular flexibility index (Phi) is 8.46. The van der Waals surface area contributed by atoms with E-state index in [4.69, 9.17) is 4.74 Å². The Labute approximate surface area is 193 Å². The van der Waals surface area contributed by atoms with E-state index in [0.717, 1.165) is 36.7 Å². The number of amides is 1. The first-order chi connectivity index (χ1) is 16.0. The molecular weight excluding hydrogens is 422 g/mol. The van der Waals surface area contributed by atoms with Crippen LogP contribution in [0.5, 0.6) is 5.75 Å². The lowest BCUT2D eigenvalue weighted by atomic mass is 10.3. The molecule has 1 amide bonds. The second-order valence-corrected chi connectivity index (χ2v) is 8.04. The molecule has 0 spiro atoms. The van der Waals surface area contributed by atoms with Gasteiger partial charge in [-0.15, -0.1) is 0 Å². The number of fused-ring (bicyclic) bond motifs is 1. The van der Waals surface area contributed by atoms with Crippen molar-refractivity contribution in [3.63, 3.8) is 0 Å². The summed E-state index contributed by atoms with van der Waals surface area (Å²) in [6.45, 7) is 7.30. The topological polar surface area (TPSA) is 100 Å².